The molecule has 4 fully saturated rings. The van der Waals surface area contributed by atoms with Crippen LogP contribution in [0.15, 0.2) is 18.2 Å². The monoisotopic (exact) mass is 535 g/mol. The Kier molecular flexibility index (Phi) is 7.93. The summed E-state index contributed by atoms with van der Waals surface area (Å²) in [6, 6.07) is 3.18. The predicted octanol–water partition coefficient (Wildman–Crippen LogP) is 3.39. The summed E-state index contributed by atoms with van der Waals surface area (Å²) < 4.78 is 29.9. The first kappa shape index (κ1) is 27.1. The highest BCUT2D eigenvalue weighted by Crippen LogP contribution is 2.49. The van der Waals surface area contributed by atoms with Gasteiger partial charge in [-0.15, -0.1) is 0 Å². The fourth-order valence-electron chi connectivity index (χ4n) is 5.85. The summed E-state index contributed by atoms with van der Waals surface area (Å²) in [5.74, 6) is -6.32. The maximum atomic E-state index is 15.0. The van der Waals surface area contributed by atoms with Crippen LogP contribution in [0.5, 0.6) is 0 Å². The molecule has 5 rings (SSSR count). The Labute approximate surface area is 220 Å². The molecular formula is C26H32ClF2N5O3. The number of halogens is 3. The lowest BCUT2D eigenvalue weighted by Crippen LogP contribution is -2.70. The normalized spacial score (nSPS) is 28.0. The number of carbonyl (C=O) groups excluding carboxylic acids is 3. The van der Waals surface area contributed by atoms with Crippen LogP contribution < -0.4 is 16.0 Å². The van der Waals surface area contributed by atoms with Crippen LogP contribution in [-0.4, -0.2) is 59.3 Å². The molecule has 200 valence electrons. The number of alkyl halides is 2. The van der Waals surface area contributed by atoms with Crippen molar-refractivity contribution in [1.29, 1.82) is 5.26 Å². The number of nitriles is 1. The summed E-state index contributed by atoms with van der Waals surface area (Å²) in [7, 11) is 0. The zero-order valence-electron chi connectivity index (χ0n) is 20.9. The van der Waals surface area contributed by atoms with E-state index in [-0.39, 0.29) is 18.7 Å². The second kappa shape index (κ2) is 10.8. The third-order valence-electron chi connectivity index (χ3n) is 7.86. The lowest BCUT2D eigenvalue weighted by atomic mass is 9.71. The third kappa shape index (κ3) is 5.52. The molecule has 3 heterocycles. The van der Waals surface area contributed by atoms with Gasteiger partial charge in [-0.3, -0.25) is 14.4 Å². The molecule has 1 aliphatic carbocycles. The van der Waals surface area contributed by atoms with Crippen LogP contribution in [0.1, 0.15) is 51.0 Å². The third-order valence-corrected chi connectivity index (χ3v) is 8.27. The average Bonchev–Trinajstić information content (AvgIpc) is 2.86. The highest BCUT2D eigenvalue weighted by molar-refractivity contribution is 6.31. The maximum Gasteiger partial charge on any atom is 0.255 e. The first-order valence-electron chi connectivity index (χ1n) is 12.7. The Bertz CT molecular complexity index is 1110. The van der Waals surface area contributed by atoms with Gasteiger partial charge in [0.25, 0.3) is 5.92 Å². The van der Waals surface area contributed by atoms with Crippen LogP contribution >= 0.6 is 11.6 Å². The van der Waals surface area contributed by atoms with Gasteiger partial charge in [-0.25, -0.2) is 8.78 Å². The van der Waals surface area contributed by atoms with Crippen molar-refractivity contribution in [2.45, 2.75) is 82.5 Å². The summed E-state index contributed by atoms with van der Waals surface area (Å²) in [5.41, 5.74) is 1.38. The minimum absolute atomic E-state index is 0.0885. The number of amides is 3. The van der Waals surface area contributed by atoms with Crippen molar-refractivity contribution in [3.8, 4) is 6.07 Å². The van der Waals surface area contributed by atoms with Gasteiger partial charge in [-0.05, 0) is 63.6 Å². The Balaban J connectivity index is 1.54. The molecule has 11 heteroatoms. The van der Waals surface area contributed by atoms with Crippen molar-refractivity contribution >= 4 is 35.0 Å². The topological polar surface area (TPSA) is 114 Å². The molecule has 4 aliphatic rings. The van der Waals surface area contributed by atoms with Crippen LogP contribution in [-0.2, 0) is 14.4 Å². The molecule has 37 heavy (non-hydrogen) atoms. The van der Waals surface area contributed by atoms with Gasteiger partial charge >= 0.3 is 0 Å². The minimum Gasteiger partial charge on any atom is -0.374 e. The molecule has 6 atom stereocenters. The van der Waals surface area contributed by atoms with E-state index in [2.05, 4.69) is 16.0 Å². The van der Waals surface area contributed by atoms with E-state index in [0.717, 1.165) is 12.0 Å². The van der Waals surface area contributed by atoms with Crippen molar-refractivity contribution in [2.24, 2.45) is 11.8 Å². The molecule has 0 spiro atoms. The molecule has 3 amide bonds. The SMILES string of the molecule is Cc1c(Cl)cccc1N[C@H](C)C(=O)N1[C@H]2CC[C@@H]([C@@H]1C(=O)N[C@@H](C#N)C[C@H]1CCCNC1=O)C(F)(F)C2. The van der Waals surface area contributed by atoms with Gasteiger partial charge in [0.15, 0.2) is 0 Å². The number of fused-ring (bicyclic) bond motifs is 3. The molecule has 1 saturated carbocycles. The van der Waals surface area contributed by atoms with E-state index in [1.54, 1.807) is 32.0 Å². The van der Waals surface area contributed by atoms with Gasteiger partial charge in [-0.2, -0.15) is 5.26 Å². The van der Waals surface area contributed by atoms with Crippen molar-refractivity contribution in [2.75, 3.05) is 11.9 Å². The number of nitrogens with zero attached hydrogens (tertiary/aromatic N) is 2. The van der Waals surface area contributed by atoms with Crippen LogP contribution in [0, 0.1) is 30.1 Å². The smallest absolute Gasteiger partial charge is 0.255 e. The van der Waals surface area contributed by atoms with E-state index >= 15 is 0 Å². The molecule has 1 aromatic carbocycles. The summed E-state index contributed by atoms with van der Waals surface area (Å²) >= 11 is 6.19. The van der Waals surface area contributed by atoms with Gasteiger partial charge in [0.2, 0.25) is 17.7 Å². The second-order valence-electron chi connectivity index (χ2n) is 10.3. The highest BCUT2D eigenvalue weighted by Gasteiger charge is 2.60. The maximum absolute atomic E-state index is 15.0. The van der Waals surface area contributed by atoms with Crippen molar-refractivity contribution < 1.29 is 23.2 Å². The van der Waals surface area contributed by atoms with Gasteiger partial charge in [0.05, 0.1) is 12.0 Å². The fraction of sp³-hybridized carbons (Fsp3) is 0.615. The van der Waals surface area contributed by atoms with Gasteiger partial charge < -0.3 is 20.9 Å². The number of anilines is 1. The molecule has 0 unspecified atom stereocenters. The predicted molar refractivity (Wildman–Crippen MR) is 134 cm³/mol. The standard InChI is InChI=1S/C26H32ClF2N5O3/c1-14-20(27)6-3-7-21(14)32-15(2)25(37)34-18-8-9-19(26(28,29)12-18)22(34)24(36)33-17(13-30)11-16-5-4-10-31-23(16)35/h3,6-7,15-19,22,32H,4-5,8-12H2,1-2H3,(H,31,35)(H,33,36)/t15-,16-,17-,18+,19+,22-/m1/s1. The second-order valence-corrected chi connectivity index (χ2v) is 10.7. The van der Waals surface area contributed by atoms with E-state index in [4.69, 9.17) is 11.6 Å². The van der Waals surface area contributed by atoms with E-state index < -0.39 is 60.2 Å². The van der Waals surface area contributed by atoms with Crippen LogP contribution in [0.4, 0.5) is 14.5 Å². The number of nitrogens with one attached hydrogen (secondary N) is 3. The van der Waals surface area contributed by atoms with Gasteiger partial charge in [0.1, 0.15) is 18.1 Å². The molecular weight excluding hydrogens is 504 g/mol. The summed E-state index contributed by atoms with van der Waals surface area (Å²) in [6.45, 7) is 3.99. The van der Waals surface area contributed by atoms with Crippen LogP contribution in [0.25, 0.3) is 0 Å². The number of hydrogen-bond donors (Lipinski definition) is 3. The molecule has 2 bridgehead atoms. The largest absolute Gasteiger partial charge is 0.374 e. The van der Waals surface area contributed by atoms with E-state index in [0.29, 0.717) is 30.1 Å². The summed E-state index contributed by atoms with van der Waals surface area (Å²) in [6.07, 6.45) is 1.42. The number of piperidine rings is 3. The summed E-state index contributed by atoms with van der Waals surface area (Å²) in [4.78, 5) is 40.5. The number of carbonyl (C=O) groups is 3. The van der Waals surface area contributed by atoms with E-state index in [1.165, 1.54) is 4.90 Å². The Morgan fingerprint density at radius 2 is 2.08 bits per heavy atom. The van der Waals surface area contributed by atoms with Crippen LogP contribution in [0.2, 0.25) is 5.02 Å². The Morgan fingerprint density at radius 3 is 2.76 bits per heavy atom. The molecule has 8 nitrogen and oxygen atoms in total. The Hall–Kier alpha value is -2.93. The quantitative estimate of drug-likeness (QED) is 0.495. The van der Waals surface area contributed by atoms with Gasteiger partial charge in [0, 0.05) is 35.6 Å². The molecule has 0 radical (unpaired) electrons. The lowest BCUT2D eigenvalue weighted by Gasteiger charge is -2.54. The van der Waals surface area contributed by atoms with Crippen molar-refractivity contribution in [3.05, 3.63) is 28.8 Å². The van der Waals surface area contributed by atoms with Gasteiger partial charge in [-0.1, -0.05) is 17.7 Å². The molecule has 0 aromatic heterocycles. The minimum atomic E-state index is -3.10. The first-order chi connectivity index (χ1) is 17.5. The summed E-state index contributed by atoms with van der Waals surface area (Å²) in [5, 5.41) is 18.6. The van der Waals surface area contributed by atoms with Crippen molar-refractivity contribution in [3.63, 3.8) is 0 Å². The number of benzene rings is 1. The zero-order chi connectivity index (χ0) is 26.9. The average molecular weight is 536 g/mol. The highest BCUT2D eigenvalue weighted by atomic mass is 35.5. The number of hydrogen-bond acceptors (Lipinski definition) is 5. The van der Waals surface area contributed by atoms with E-state index in [1.807, 2.05) is 6.07 Å². The lowest BCUT2D eigenvalue weighted by molar-refractivity contribution is -0.194. The van der Waals surface area contributed by atoms with E-state index in [9.17, 15) is 28.4 Å². The van der Waals surface area contributed by atoms with Crippen molar-refractivity contribution in [1.82, 2.24) is 15.5 Å². The molecule has 1 aromatic rings. The molecule has 3 saturated heterocycles. The zero-order valence-corrected chi connectivity index (χ0v) is 21.7. The number of rotatable bonds is 7. The fourth-order valence-corrected chi connectivity index (χ4v) is 6.03. The Morgan fingerprint density at radius 1 is 1.32 bits per heavy atom. The molecule has 3 aliphatic heterocycles. The van der Waals surface area contributed by atoms with Crippen LogP contribution in [0.3, 0.4) is 0 Å². The molecule has 3 N–H and O–H groups in total. The first-order valence-corrected chi connectivity index (χ1v) is 13.1.